The first-order valence-corrected chi connectivity index (χ1v) is 3.61. The highest BCUT2D eigenvalue weighted by atomic mass is 19.3. The van der Waals surface area contributed by atoms with Gasteiger partial charge in [0.15, 0.2) is 0 Å². The lowest BCUT2D eigenvalue weighted by Crippen LogP contribution is -2.21. The van der Waals surface area contributed by atoms with Gasteiger partial charge < -0.3 is 10.3 Å². The predicted molar refractivity (Wildman–Crippen MR) is 41.0 cm³/mol. The van der Waals surface area contributed by atoms with Crippen molar-refractivity contribution in [2.45, 2.75) is 12.3 Å². The Morgan fingerprint density at radius 1 is 1.67 bits per heavy atom. The van der Waals surface area contributed by atoms with Gasteiger partial charge in [-0.25, -0.2) is 13.8 Å². The van der Waals surface area contributed by atoms with E-state index in [4.69, 9.17) is 5.73 Å². The number of imidazole rings is 1. The highest BCUT2D eigenvalue weighted by Gasteiger charge is 2.22. The average Bonchev–Trinajstić information content (AvgIpc) is 2.38. The largest absolute Gasteiger partial charge is 0.337 e. The molecule has 1 aromatic heterocycles. The van der Waals surface area contributed by atoms with Crippen LogP contribution in [0.2, 0.25) is 0 Å². The zero-order valence-corrected chi connectivity index (χ0v) is 6.74. The van der Waals surface area contributed by atoms with Gasteiger partial charge in [0, 0.05) is 25.5 Å². The van der Waals surface area contributed by atoms with E-state index in [2.05, 4.69) is 4.98 Å². The summed E-state index contributed by atoms with van der Waals surface area (Å²) in [5, 5.41) is 0. The van der Waals surface area contributed by atoms with E-state index in [-0.39, 0.29) is 6.54 Å². The topological polar surface area (TPSA) is 43.8 Å². The molecule has 0 aliphatic heterocycles. The third-order valence-electron chi connectivity index (χ3n) is 1.79. The number of hydrogen-bond donors (Lipinski definition) is 1. The number of halogens is 2. The van der Waals surface area contributed by atoms with Crippen LogP contribution >= 0.6 is 0 Å². The van der Waals surface area contributed by atoms with E-state index in [9.17, 15) is 8.78 Å². The maximum absolute atomic E-state index is 12.3. The van der Waals surface area contributed by atoms with E-state index in [0.29, 0.717) is 5.69 Å². The van der Waals surface area contributed by atoms with Gasteiger partial charge in [-0.05, 0) is 0 Å². The van der Waals surface area contributed by atoms with Gasteiger partial charge in [0.1, 0.15) is 0 Å². The first-order chi connectivity index (χ1) is 5.66. The molecule has 0 saturated heterocycles. The Morgan fingerprint density at radius 2 is 2.33 bits per heavy atom. The lowest BCUT2D eigenvalue weighted by molar-refractivity contribution is 0.114. The summed E-state index contributed by atoms with van der Waals surface area (Å²) in [5.74, 6) is -0.905. The van der Waals surface area contributed by atoms with Crippen LogP contribution in [0.1, 0.15) is 11.6 Å². The molecule has 1 rings (SSSR count). The number of nitrogens with two attached hydrogens (primary N) is 1. The van der Waals surface area contributed by atoms with Crippen LogP contribution in [0.15, 0.2) is 12.5 Å². The van der Waals surface area contributed by atoms with Gasteiger partial charge >= 0.3 is 0 Å². The van der Waals surface area contributed by atoms with Crippen molar-refractivity contribution >= 4 is 0 Å². The van der Waals surface area contributed by atoms with Crippen LogP contribution in [0.3, 0.4) is 0 Å². The summed E-state index contributed by atoms with van der Waals surface area (Å²) >= 11 is 0. The van der Waals surface area contributed by atoms with Crippen LogP contribution in [-0.4, -0.2) is 22.5 Å². The van der Waals surface area contributed by atoms with Crippen LogP contribution in [0, 0.1) is 0 Å². The molecule has 2 N–H and O–H groups in total. The third-order valence-corrected chi connectivity index (χ3v) is 1.79. The molecule has 0 amide bonds. The van der Waals surface area contributed by atoms with Crippen molar-refractivity contribution < 1.29 is 8.78 Å². The van der Waals surface area contributed by atoms with Crippen LogP contribution in [0.25, 0.3) is 0 Å². The molecular weight excluding hydrogens is 164 g/mol. The zero-order chi connectivity index (χ0) is 9.14. The fourth-order valence-corrected chi connectivity index (χ4v) is 1.08. The fraction of sp³-hybridized carbons (Fsp3) is 0.571. The number of aryl methyl sites for hydroxylation is 1. The Kier molecular flexibility index (Phi) is 2.75. The summed E-state index contributed by atoms with van der Waals surface area (Å²) in [6.07, 6.45) is 0.481. The summed E-state index contributed by atoms with van der Waals surface area (Å²) in [7, 11) is 1.67. The Labute approximate surface area is 69.2 Å². The predicted octanol–water partition coefficient (Wildman–Crippen LogP) is 0.728. The normalized spacial score (nSPS) is 13.8. The molecule has 0 radical (unpaired) electrons. The van der Waals surface area contributed by atoms with E-state index in [1.165, 1.54) is 12.5 Å². The molecule has 1 atom stereocenters. The Morgan fingerprint density at radius 3 is 2.67 bits per heavy atom. The molecule has 0 saturated carbocycles. The standard InChI is InChI=1S/C7H11F2N3/c1-12-4-11-3-6(12)5(2-10)7(8)9/h3-5,7H,2,10H2,1H3. The molecule has 1 unspecified atom stereocenters. The van der Waals surface area contributed by atoms with Crippen molar-refractivity contribution in [2.24, 2.45) is 12.8 Å². The maximum atomic E-state index is 12.3. The van der Waals surface area contributed by atoms with E-state index < -0.39 is 12.3 Å². The monoisotopic (exact) mass is 175 g/mol. The highest BCUT2D eigenvalue weighted by molar-refractivity contribution is 5.07. The van der Waals surface area contributed by atoms with E-state index >= 15 is 0 Å². The van der Waals surface area contributed by atoms with Crippen molar-refractivity contribution in [3.63, 3.8) is 0 Å². The minimum Gasteiger partial charge on any atom is -0.337 e. The van der Waals surface area contributed by atoms with Gasteiger partial charge in [0.05, 0.1) is 12.2 Å². The molecule has 68 valence electrons. The molecule has 0 spiro atoms. The number of hydrogen-bond acceptors (Lipinski definition) is 2. The molecule has 12 heavy (non-hydrogen) atoms. The molecule has 1 heterocycles. The lowest BCUT2D eigenvalue weighted by Gasteiger charge is -2.13. The molecule has 0 aromatic carbocycles. The quantitative estimate of drug-likeness (QED) is 0.735. The van der Waals surface area contributed by atoms with Crippen LogP contribution < -0.4 is 5.73 Å². The third kappa shape index (κ3) is 1.61. The van der Waals surface area contributed by atoms with E-state index in [0.717, 1.165) is 0 Å². The second kappa shape index (κ2) is 3.62. The summed E-state index contributed by atoms with van der Waals surface area (Å²) in [4.78, 5) is 3.75. The number of nitrogens with zero attached hydrogens (tertiary/aromatic N) is 2. The number of rotatable bonds is 3. The second-order valence-corrected chi connectivity index (χ2v) is 2.61. The van der Waals surface area contributed by atoms with Gasteiger partial charge in [0.2, 0.25) is 6.43 Å². The lowest BCUT2D eigenvalue weighted by atomic mass is 10.1. The molecule has 0 aliphatic carbocycles. The summed E-state index contributed by atoms with van der Waals surface area (Å²) < 4.78 is 26.2. The average molecular weight is 175 g/mol. The van der Waals surface area contributed by atoms with Gasteiger partial charge in [-0.1, -0.05) is 0 Å². The molecule has 0 aliphatic rings. The Balaban J connectivity index is 2.87. The number of alkyl halides is 2. The van der Waals surface area contributed by atoms with Crippen molar-refractivity contribution in [1.82, 2.24) is 9.55 Å². The van der Waals surface area contributed by atoms with E-state index in [1.54, 1.807) is 11.6 Å². The summed E-state index contributed by atoms with van der Waals surface area (Å²) in [6.45, 7) is -0.0583. The van der Waals surface area contributed by atoms with Crippen molar-refractivity contribution in [3.05, 3.63) is 18.2 Å². The first kappa shape index (κ1) is 9.12. The van der Waals surface area contributed by atoms with Crippen LogP contribution in [0.5, 0.6) is 0 Å². The molecule has 3 nitrogen and oxygen atoms in total. The van der Waals surface area contributed by atoms with Crippen molar-refractivity contribution in [2.75, 3.05) is 6.54 Å². The van der Waals surface area contributed by atoms with Crippen molar-refractivity contribution in [3.8, 4) is 0 Å². The molecule has 1 aromatic rings. The Hall–Kier alpha value is -0.970. The molecule has 0 bridgehead atoms. The Bertz CT molecular complexity index is 247. The molecule has 5 heteroatoms. The SMILES string of the molecule is Cn1cncc1C(CN)C(F)F. The van der Waals surface area contributed by atoms with Crippen LogP contribution in [0.4, 0.5) is 8.78 Å². The van der Waals surface area contributed by atoms with Gasteiger partial charge in [-0.3, -0.25) is 0 Å². The maximum Gasteiger partial charge on any atom is 0.248 e. The first-order valence-electron chi connectivity index (χ1n) is 3.61. The second-order valence-electron chi connectivity index (χ2n) is 2.61. The van der Waals surface area contributed by atoms with Crippen molar-refractivity contribution in [1.29, 1.82) is 0 Å². The molecule has 0 fully saturated rings. The zero-order valence-electron chi connectivity index (χ0n) is 6.74. The van der Waals surface area contributed by atoms with E-state index in [1.807, 2.05) is 0 Å². The number of aromatic nitrogens is 2. The summed E-state index contributed by atoms with van der Waals surface area (Å²) in [6, 6.07) is 0. The minimum absolute atomic E-state index is 0.0583. The van der Waals surface area contributed by atoms with Crippen LogP contribution in [-0.2, 0) is 7.05 Å². The van der Waals surface area contributed by atoms with Gasteiger partial charge in [-0.2, -0.15) is 0 Å². The van der Waals surface area contributed by atoms with Gasteiger partial charge in [-0.15, -0.1) is 0 Å². The highest BCUT2D eigenvalue weighted by Crippen LogP contribution is 2.20. The minimum atomic E-state index is -2.43. The smallest absolute Gasteiger partial charge is 0.248 e. The fourth-order valence-electron chi connectivity index (χ4n) is 1.08. The molecular formula is C7H11F2N3. The van der Waals surface area contributed by atoms with Gasteiger partial charge in [0.25, 0.3) is 0 Å². The summed E-state index contributed by atoms with van der Waals surface area (Å²) in [5.41, 5.74) is 5.69.